The maximum absolute atomic E-state index is 0. The molecule has 0 aromatic rings. The second-order valence-electron chi connectivity index (χ2n) is 0. The van der Waals surface area contributed by atoms with Crippen LogP contribution in [0.4, 0.5) is 0 Å². The molecule has 7 heteroatoms. The Morgan fingerprint density at radius 3 is 0.429 bits per heavy atom. The molecule has 0 atom stereocenters. The number of halogens is 1. The molecule has 0 saturated heterocycles. The van der Waals surface area contributed by atoms with Crippen molar-refractivity contribution >= 4 is 0 Å². The summed E-state index contributed by atoms with van der Waals surface area (Å²) in [5.41, 5.74) is 0. The summed E-state index contributed by atoms with van der Waals surface area (Å²) in [4.78, 5) is 0. The molecule has 0 aliphatic heterocycles. The van der Waals surface area contributed by atoms with E-state index in [4.69, 9.17) is 0 Å². The van der Waals surface area contributed by atoms with Gasteiger partial charge in [-0.1, -0.05) is 0 Å². The van der Waals surface area contributed by atoms with Crippen LogP contribution in [-0.4, -0.2) is 0 Å². The average Bonchev–Trinajstić information content (AvgIpc) is 0. The Morgan fingerprint density at radius 1 is 0.429 bits per heavy atom. The molecule has 15 N–H and O–H groups in total. The van der Waals surface area contributed by atoms with Gasteiger partial charge in [0.15, 0.2) is 0 Å². The molecule has 5 nitrogen and oxygen atoms in total. The van der Waals surface area contributed by atoms with Gasteiger partial charge in [0.1, 0.15) is 0 Å². The summed E-state index contributed by atoms with van der Waals surface area (Å²) < 4.78 is 0. The predicted octanol–water partition coefficient (Wildman–Crippen LogP) is -2.19. The van der Waals surface area contributed by atoms with E-state index in [2.05, 4.69) is 0 Å². The van der Waals surface area contributed by atoms with E-state index in [-0.39, 0.29) is 59.9 Å². The molecule has 0 heterocycles. The first-order chi connectivity index (χ1) is 0. The van der Waals surface area contributed by atoms with Crippen molar-refractivity contribution in [2.45, 2.75) is 0 Å². The van der Waals surface area contributed by atoms with Crippen molar-refractivity contribution in [3.8, 4) is 0 Å². The second-order valence-corrected chi connectivity index (χ2v) is 0. The molecule has 0 aromatic carbocycles. The van der Waals surface area contributed by atoms with Gasteiger partial charge < -0.3 is 43.2 Å². The van der Waals surface area contributed by atoms with E-state index in [0.29, 0.717) is 0 Å². The SMILES string of the molecule is N.N.N.N.N.[Cl-].[Co+3]. The Bertz CT molecular complexity index is 8.04. The Kier molecular flexibility index (Phi) is 77100. The van der Waals surface area contributed by atoms with E-state index < -0.39 is 0 Å². The van der Waals surface area contributed by atoms with E-state index in [0.717, 1.165) is 0 Å². The summed E-state index contributed by atoms with van der Waals surface area (Å²) in [7, 11) is 0. The third kappa shape index (κ3) is 392. The van der Waals surface area contributed by atoms with Crippen molar-refractivity contribution in [1.29, 1.82) is 0 Å². The van der Waals surface area contributed by atoms with Crippen LogP contribution in [0, 0.1) is 0 Å². The van der Waals surface area contributed by atoms with Gasteiger partial charge in [-0.05, 0) is 0 Å². The van der Waals surface area contributed by atoms with Crippen LogP contribution in [0.2, 0.25) is 0 Å². The van der Waals surface area contributed by atoms with Gasteiger partial charge in [-0.25, -0.2) is 0 Å². The first kappa shape index (κ1) is 929. The fourth-order valence-electron chi connectivity index (χ4n) is 0. The Balaban J connectivity index is 0. The van der Waals surface area contributed by atoms with Crippen LogP contribution < -0.4 is 43.2 Å². The van der Waals surface area contributed by atoms with Gasteiger partial charge in [0.25, 0.3) is 0 Å². The average molecular weight is 180 g/mol. The Morgan fingerprint density at radius 2 is 0.429 bits per heavy atom. The van der Waals surface area contributed by atoms with E-state index >= 15 is 0 Å². The number of hydrogen-bond donors (Lipinski definition) is 5. The molecule has 0 bridgehead atoms. The van der Waals surface area contributed by atoms with Crippen molar-refractivity contribution in [2.75, 3.05) is 0 Å². The summed E-state index contributed by atoms with van der Waals surface area (Å²) in [5.74, 6) is 0. The van der Waals surface area contributed by atoms with E-state index in [1.54, 1.807) is 0 Å². The number of rotatable bonds is 0. The van der Waals surface area contributed by atoms with Gasteiger partial charge >= 0.3 is 16.8 Å². The zero-order valence-electron chi connectivity index (χ0n) is 4.25. The third-order valence-electron chi connectivity index (χ3n) is 0. The Hall–Kier alpha value is 0.596. The normalized spacial score (nSPS) is 0. The molecular formula is H15ClCoN5+2. The minimum atomic E-state index is 0. The quantitative estimate of drug-likeness (QED) is 0.283. The zero-order chi connectivity index (χ0) is 0. The second kappa shape index (κ2) is 581. The van der Waals surface area contributed by atoms with Gasteiger partial charge in [0.2, 0.25) is 0 Å². The van der Waals surface area contributed by atoms with Crippen molar-refractivity contribution < 1.29 is 29.2 Å². The predicted molar refractivity (Wildman–Crippen MR) is 25.1 cm³/mol. The van der Waals surface area contributed by atoms with Crippen molar-refractivity contribution in [2.24, 2.45) is 0 Å². The van der Waals surface area contributed by atoms with Crippen molar-refractivity contribution in [3.05, 3.63) is 0 Å². The molecule has 0 amide bonds. The van der Waals surface area contributed by atoms with Crippen LogP contribution >= 0.6 is 0 Å². The fraction of sp³-hybridized carbons (Fsp3) is 0. The molecule has 0 aromatic heterocycles. The largest absolute Gasteiger partial charge is 3.00 e. The van der Waals surface area contributed by atoms with Gasteiger partial charge in [-0.2, -0.15) is 0 Å². The van der Waals surface area contributed by atoms with Crippen LogP contribution in [-0.2, 0) is 16.8 Å². The van der Waals surface area contributed by atoms with Crippen LogP contribution in [0.3, 0.4) is 0 Å². The van der Waals surface area contributed by atoms with E-state index in [1.165, 1.54) is 0 Å². The minimum absolute atomic E-state index is 0. The molecule has 0 radical (unpaired) electrons. The van der Waals surface area contributed by atoms with Gasteiger partial charge in [0, 0.05) is 0 Å². The first-order valence-electron chi connectivity index (χ1n) is 0. The zero-order valence-corrected chi connectivity index (χ0v) is 6.04. The minimum Gasteiger partial charge on any atom is -1.00 e. The summed E-state index contributed by atoms with van der Waals surface area (Å²) in [5, 5.41) is 0. The molecule has 0 fully saturated rings. The molecule has 0 unspecified atom stereocenters. The molecule has 0 saturated carbocycles. The van der Waals surface area contributed by atoms with Crippen LogP contribution in [0.15, 0.2) is 0 Å². The van der Waals surface area contributed by atoms with Gasteiger partial charge in [-0.3, -0.25) is 0 Å². The molecule has 0 spiro atoms. The van der Waals surface area contributed by atoms with E-state index in [1.807, 2.05) is 0 Å². The monoisotopic (exact) mass is 179 g/mol. The van der Waals surface area contributed by atoms with Crippen molar-refractivity contribution in [3.63, 3.8) is 0 Å². The molecule has 0 rings (SSSR count). The summed E-state index contributed by atoms with van der Waals surface area (Å²) in [6.45, 7) is 0. The molecular weight excluding hydrogens is 164 g/mol. The molecule has 0 aliphatic carbocycles. The summed E-state index contributed by atoms with van der Waals surface area (Å²) >= 11 is 0. The maximum Gasteiger partial charge on any atom is 3.00 e. The molecule has 54 valence electrons. The maximum atomic E-state index is 0. The summed E-state index contributed by atoms with van der Waals surface area (Å²) in [6, 6.07) is 0. The van der Waals surface area contributed by atoms with Crippen LogP contribution in [0.5, 0.6) is 0 Å². The standard InChI is InChI=1S/ClH.Co.5H3N/h1H;;5*1H3/q;+3;;;;;/p-1. The smallest absolute Gasteiger partial charge is 1.00 e. The third-order valence-corrected chi connectivity index (χ3v) is 0. The van der Waals surface area contributed by atoms with Crippen LogP contribution in [0.1, 0.15) is 0 Å². The van der Waals surface area contributed by atoms with Crippen molar-refractivity contribution in [1.82, 2.24) is 30.8 Å². The van der Waals surface area contributed by atoms with E-state index in [9.17, 15) is 0 Å². The number of hydrogen-bond acceptors (Lipinski definition) is 5. The summed E-state index contributed by atoms with van der Waals surface area (Å²) in [6.07, 6.45) is 0. The van der Waals surface area contributed by atoms with Gasteiger partial charge in [0.05, 0.1) is 0 Å². The van der Waals surface area contributed by atoms with Gasteiger partial charge in [-0.15, -0.1) is 0 Å². The fourth-order valence-corrected chi connectivity index (χ4v) is 0. The topological polar surface area (TPSA) is 175 Å². The first-order valence-corrected chi connectivity index (χ1v) is 0. The molecule has 7 heavy (non-hydrogen) atoms. The van der Waals surface area contributed by atoms with Crippen LogP contribution in [0.25, 0.3) is 0 Å². The Labute approximate surface area is 60.5 Å². The molecule has 0 aliphatic rings.